The summed E-state index contributed by atoms with van der Waals surface area (Å²) < 4.78 is 0. The number of hydrogen-bond donors (Lipinski definition) is 1. The van der Waals surface area contributed by atoms with Crippen molar-refractivity contribution in [3.05, 3.63) is 0 Å². The van der Waals surface area contributed by atoms with Crippen molar-refractivity contribution >= 4 is 5.91 Å². The standard InChI is InChI=1S/C11H21NO2/c1-11(2,3)8-10(14)12(6-7-13)9-4-5-9/h9,13H,4-8H2,1-3H3. The van der Waals surface area contributed by atoms with Gasteiger partial charge in [-0.3, -0.25) is 4.79 Å². The molecule has 0 radical (unpaired) electrons. The molecule has 0 aliphatic heterocycles. The quantitative estimate of drug-likeness (QED) is 0.743. The van der Waals surface area contributed by atoms with E-state index >= 15 is 0 Å². The lowest BCUT2D eigenvalue weighted by Crippen LogP contribution is -2.37. The summed E-state index contributed by atoms with van der Waals surface area (Å²) in [5.41, 5.74) is 0.0413. The third-order valence-corrected chi connectivity index (χ3v) is 2.33. The highest BCUT2D eigenvalue weighted by atomic mass is 16.3. The van der Waals surface area contributed by atoms with E-state index in [1.54, 1.807) is 0 Å². The molecule has 1 fully saturated rings. The largest absolute Gasteiger partial charge is 0.395 e. The molecule has 1 aliphatic carbocycles. The normalized spacial score (nSPS) is 16.9. The summed E-state index contributed by atoms with van der Waals surface area (Å²) in [6, 6.07) is 0.414. The number of amides is 1. The van der Waals surface area contributed by atoms with Crippen LogP contribution in [0, 0.1) is 5.41 Å². The van der Waals surface area contributed by atoms with Crippen molar-refractivity contribution in [1.82, 2.24) is 4.90 Å². The molecular formula is C11H21NO2. The number of aliphatic hydroxyl groups is 1. The van der Waals surface area contributed by atoms with E-state index in [0.29, 0.717) is 19.0 Å². The SMILES string of the molecule is CC(C)(C)CC(=O)N(CCO)C1CC1. The van der Waals surface area contributed by atoms with Crippen molar-refractivity contribution in [2.75, 3.05) is 13.2 Å². The molecule has 0 aromatic rings. The van der Waals surface area contributed by atoms with Gasteiger partial charge in [0.1, 0.15) is 0 Å². The predicted molar refractivity (Wildman–Crippen MR) is 55.9 cm³/mol. The Morgan fingerprint density at radius 2 is 2.00 bits per heavy atom. The third kappa shape index (κ3) is 3.66. The van der Waals surface area contributed by atoms with Crippen molar-refractivity contribution in [3.8, 4) is 0 Å². The molecule has 0 atom stereocenters. The molecule has 14 heavy (non-hydrogen) atoms. The van der Waals surface area contributed by atoms with Crippen LogP contribution in [-0.4, -0.2) is 35.1 Å². The second-order valence-electron chi connectivity index (χ2n) is 5.28. The van der Waals surface area contributed by atoms with Gasteiger partial charge in [0.05, 0.1) is 6.61 Å². The molecule has 1 N–H and O–H groups in total. The molecule has 0 aromatic heterocycles. The van der Waals surface area contributed by atoms with Crippen molar-refractivity contribution in [1.29, 1.82) is 0 Å². The fourth-order valence-corrected chi connectivity index (χ4v) is 1.56. The smallest absolute Gasteiger partial charge is 0.223 e. The zero-order valence-electron chi connectivity index (χ0n) is 9.42. The van der Waals surface area contributed by atoms with E-state index in [9.17, 15) is 4.79 Å². The molecular weight excluding hydrogens is 178 g/mol. The van der Waals surface area contributed by atoms with E-state index in [1.165, 1.54) is 0 Å². The van der Waals surface area contributed by atoms with E-state index < -0.39 is 0 Å². The number of aliphatic hydroxyl groups excluding tert-OH is 1. The minimum absolute atomic E-state index is 0.0413. The van der Waals surface area contributed by atoms with E-state index in [-0.39, 0.29) is 17.9 Å². The van der Waals surface area contributed by atoms with Gasteiger partial charge in [0.15, 0.2) is 0 Å². The average molecular weight is 199 g/mol. The molecule has 3 heteroatoms. The molecule has 0 heterocycles. The maximum atomic E-state index is 11.8. The van der Waals surface area contributed by atoms with Crippen LogP contribution in [0.25, 0.3) is 0 Å². The van der Waals surface area contributed by atoms with Crippen molar-refractivity contribution in [2.24, 2.45) is 5.41 Å². The van der Waals surface area contributed by atoms with Crippen LogP contribution in [0.15, 0.2) is 0 Å². The van der Waals surface area contributed by atoms with Crippen molar-refractivity contribution in [3.63, 3.8) is 0 Å². The highest BCUT2D eigenvalue weighted by Gasteiger charge is 2.33. The Hall–Kier alpha value is -0.570. The second-order valence-corrected chi connectivity index (χ2v) is 5.28. The number of carbonyl (C=O) groups excluding carboxylic acids is 1. The van der Waals surface area contributed by atoms with Crippen LogP contribution >= 0.6 is 0 Å². The lowest BCUT2D eigenvalue weighted by molar-refractivity contribution is -0.134. The minimum Gasteiger partial charge on any atom is -0.395 e. The summed E-state index contributed by atoms with van der Waals surface area (Å²) in [4.78, 5) is 13.7. The average Bonchev–Trinajstić information content (AvgIpc) is 2.78. The molecule has 82 valence electrons. The van der Waals surface area contributed by atoms with Crippen molar-refractivity contribution in [2.45, 2.75) is 46.1 Å². The van der Waals surface area contributed by atoms with Gasteiger partial charge in [0.25, 0.3) is 0 Å². The molecule has 0 saturated heterocycles. The summed E-state index contributed by atoms with van der Waals surface area (Å²) in [6.07, 6.45) is 2.79. The van der Waals surface area contributed by atoms with Crippen LogP contribution in [-0.2, 0) is 4.79 Å². The first-order valence-electron chi connectivity index (χ1n) is 5.34. The van der Waals surface area contributed by atoms with Crippen LogP contribution in [0.1, 0.15) is 40.0 Å². The lowest BCUT2D eigenvalue weighted by Gasteiger charge is -2.26. The Labute approximate surface area is 86.1 Å². The fraction of sp³-hybridized carbons (Fsp3) is 0.909. The molecule has 3 nitrogen and oxygen atoms in total. The Morgan fingerprint density at radius 1 is 1.43 bits per heavy atom. The highest BCUT2D eigenvalue weighted by Crippen LogP contribution is 2.29. The first kappa shape index (κ1) is 11.5. The first-order chi connectivity index (χ1) is 6.44. The molecule has 1 amide bonds. The van der Waals surface area contributed by atoms with Gasteiger partial charge in [-0.2, -0.15) is 0 Å². The van der Waals surface area contributed by atoms with E-state index in [4.69, 9.17) is 5.11 Å². The molecule has 1 aliphatic rings. The van der Waals surface area contributed by atoms with E-state index in [1.807, 2.05) is 4.90 Å². The van der Waals surface area contributed by atoms with Crippen LogP contribution in [0.5, 0.6) is 0 Å². The molecule has 1 rings (SSSR count). The Morgan fingerprint density at radius 3 is 2.36 bits per heavy atom. The summed E-state index contributed by atoms with van der Waals surface area (Å²) in [7, 11) is 0. The summed E-state index contributed by atoms with van der Waals surface area (Å²) in [6.45, 7) is 6.77. The van der Waals surface area contributed by atoms with Gasteiger partial charge >= 0.3 is 0 Å². The van der Waals surface area contributed by atoms with E-state index in [0.717, 1.165) is 12.8 Å². The Bertz CT molecular complexity index is 204. The summed E-state index contributed by atoms with van der Waals surface area (Å²) in [5.74, 6) is 0.189. The van der Waals surface area contributed by atoms with Crippen LogP contribution < -0.4 is 0 Å². The van der Waals surface area contributed by atoms with Crippen LogP contribution in [0.2, 0.25) is 0 Å². The summed E-state index contributed by atoms with van der Waals surface area (Å²) in [5, 5.41) is 8.87. The van der Waals surface area contributed by atoms with Gasteiger partial charge in [0.2, 0.25) is 5.91 Å². The second kappa shape index (κ2) is 4.30. The highest BCUT2D eigenvalue weighted by molar-refractivity contribution is 5.77. The lowest BCUT2D eigenvalue weighted by atomic mass is 9.91. The number of nitrogens with zero attached hydrogens (tertiary/aromatic N) is 1. The first-order valence-corrected chi connectivity index (χ1v) is 5.34. The maximum absolute atomic E-state index is 11.8. The number of carbonyl (C=O) groups is 1. The van der Waals surface area contributed by atoms with Crippen molar-refractivity contribution < 1.29 is 9.90 Å². The monoisotopic (exact) mass is 199 g/mol. The van der Waals surface area contributed by atoms with Gasteiger partial charge < -0.3 is 10.0 Å². The Kier molecular flexibility index (Phi) is 3.53. The number of hydrogen-bond acceptors (Lipinski definition) is 2. The van der Waals surface area contributed by atoms with E-state index in [2.05, 4.69) is 20.8 Å². The number of rotatable bonds is 4. The van der Waals surface area contributed by atoms with Gasteiger partial charge in [-0.05, 0) is 18.3 Å². The topological polar surface area (TPSA) is 40.5 Å². The predicted octanol–water partition coefficient (Wildman–Crippen LogP) is 1.41. The van der Waals surface area contributed by atoms with Gasteiger partial charge in [0, 0.05) is 19.0 Å². The van der Waals surface area contributed by atoms with Gasteiger partial charge in [-0.15, -0.1) is 0 Å². The maximum Gasteiger partial charge on any atom is 0.223 e. The molecule has 0 unspecified atom stereocenters. The third-order valence-electron chi connectivity index (χ3n) is 2.33. The molecule has 0 aromatic carbocycles. The Balaban J connectivity index is 2.46. The fourth-order valence-electron chi connectivity index (χ4n) is 1.56. The van der Waals surface area contributed by atoms with Crippen LogP contribution in [0.3, 0.4) is 0 Å². The van der Waals surface area contributed by atoms with Gasteiger partial charge in [-0.25, -0.2) is 0 Å². The minimum atomic E-state index is 0.0413. The molecule has 1 saturated carbocycles. The zero-order valence-corrected chi connectivity index (χ0v) is 9.42. The molecule has 0 spiro atoms. The van der Waals surface area contributed by atoms with Crippen LogP contribution in [0.4, 0.5) is 0 Å². The zero-order chi connectivity index (χ0) is 10.8. The molecule has 0 bridgehead atoms. The van der Waals surface area contributed by atoms with Gasteiger partial charge in [-0.1, -0.05) is 20.8 Å². The summed E-state index contributed by atoms with van der Waals surface area (Å²) >= 11 is 0.